The Hall–Kier alpha value is -3.44. The van der Waals surface area contributed by atoms with Gasteiger partial charge in [0.15, 0.2) is 0 Å². The molecule has 0 aliphatic carbocycles. The Balaban J connectivity index is -0.000000370. The second-order valence-electron chi connectivity index (χ2n) is 6.03. The quantitative estimate of drug-likeness (QED) is 0.326. The molecule has 4 N–H and O–H groups in total. The molecule has 0 rings (SSSR count). The van der Waals surface area contributed by atoms with Gasteiger partial charge in [0.1, 0.15) is 23.1 Å². The third-order valence-electron chi connectivity index (χ3n) is 3.27. The molecule has 0 aromatic rings. The minimum absolute atomic E-state index is 0.296. The predicted molar refractivity (Wildman–Crippen MR) is 98.7 cm³/mol. The normalized spacial score (nSPS) is 9.40. The lowest BCUT2D eigenvalue weighted by Gasteiger charge is -2.04. The molecule has 0 saturated heterocycles. The fourth-order valence-electron chi connectivity index (χ4n) is 1.71. The van der Waals surface area contributed by atoms with Crippen molar-refractivity contribution in [3.05, 3.63) is 0 Å². The molecule has 0 amide bonds. The fraction of sp³-hybridized carbons (Fsp3) is 0.556. The summed E-state index contributed by atoms with van der Waals surface area (Å²) in [7, 11) is 0. The van der Waals surface area contributed by atoms with Gasteiger partial charge in [-0.05, 0) is 27.7 Å². The molecular weight excluding hydrogens is 408 g/mol. The summed E-state index contributed by atoms with van der Waals surface area (Å²) in [5.41, 5.74) is 0. The molecular formula is C18H26O12. The van der Waals surface area contributed by atoms with Gasteiger partial charge in [0.05, 0.1) is 37.5 Å². The van der Waals surface area contributed by atoms with Crippen LogP contribution in [0.3, 0.4) is 0 Å². The first-order chi connectivity index (χ1) is 13.5. The van der Waals surface area contributed by atoms with Gasteiger partial charge < -0.3 is 20.4 Å². The standard InChI is InChI=1S/2C7H10O4.C4H6O4/c2*1-4(8)6(5(2)9)3-7(10)11;5-3(6)1-2-4(7)8/h2*6H,3H2,1-2H3,(H,10,11);1-2H2,(H,5,6)(H,7,8). The summed E-state index contributed by atoms with van der Waals surface area (Å²) in [5.74, 6) is -7.89. The highest BCUT2D eigenvalue weighted by atomic mass is 16.4. The molecule has 0 spiro atoms. The van der Waals surface area contributed by atoms with Crippen LogP contribution in [0.2, 0.25) is 0 Å². The molecule has 30 heavy (non-hydrogen) atoms. The molecule has 0 aromatic carbocycles. The summed E-state index contributed by atoms with van der Waals surface area (Å²) < 4.78 is 0. The zero-order valence-electron chi connectivity index (χ0n) is 17.0. The minimum Gasteiger partial charge on any atom is -0.481 e. The van der Waals surface area contributed by atoms with Crippen molar-refractivity contribution in [2.24, 2.45) is 11.8 Å². The predicted octanol–water partition coefficient (Wildman–Crippen LogP) is 0.446. The summed E-state index contributed by atoms with van der Waals surface area (Å²) in [6, 6.07) is 0. The SMILES string of the molecule is CC(=O)C(CC(=O)O)C(C)=O.CC(=O)C(CC(=O)O)C(C)=O.O=C(O)CCC(=O)O. The van der Waals surface area contributed by atoms with Gasteiger partial charge in [-0.15, -0.1) is 0 Å². The maximum Gasteiger partial charge on any atom is 0.304 e. The van der Waals surface area contributed by atoms with Crippen LogP contribution in [0.15, 0.2) is 0 Å². The third kappa shape index (κ3) is 20.9. The topological polar surface area (TPSA) is 217 Å². The Morgan fingerprint density at radius 3 is 0.733 bits per heavy atom. The third-order valence-corrected chi connectivity index (χ3v) is 3.27. The molecule has 0 heterocycles. The van der Waals surface area contributed by atoms with Crippen LogP contribution in [-0.2, 0) is 38.4 Å². The Labute approximate surface area is 171 Å². The molecule has 0 fully saturated rings. The van der Waals surface area contributed by atoms with Gasteiger partial charge in [0.25, 0.3) is 0 Å². The van der Waals surface area contributed by atoms with E-state index in [9.17, 15) is 38.4 Å². The second kappa shape index (κ2) is 16.5. The number of carboxylic acid groups (broad SMARTS) is 4. The zero-order chi connectivity index (χ0) is 24.6. The average molecular weight is 434 g/mol. The van der Waals surface area contributed by atoms with Gasteiger partial charge in [-0.25, -0.2) is 0 Å². The molecule has 0 aliphatic rings. The van der Waals surface area contributed by atoms with E-state index in [-0.39, 0.29) is 36.0 Å². The summed E-state index contributed by atoms with van der Waals surface area (Å²) >= 11 is 0. The summed E-state index contributed by atoms with van der Waals surface area (Å²) in [6.07, 6.45) is -1.39. The number of carbonyl (C=O) groups is 8. The summed E-state index contributed by atoms with van der Waals surface area (Å²) in [5, 5.41) is 32.4. The van der Waals surface area contributed by atoms with Crippen molar-refractivity contribution in [1.29, 1.82) is 0 Å². The first kappa shape index (κ1) is 31.3. The average Bonchev–Trinajstić information content (AvgIpc) is 2.55. The number of carbonyl (C=O) groups excluding carboxylic acids is 4. The van der Waals surface area contributed by atoms with Gasteiger partial charge >= 0.3 is 23.9 Å². The fourth-order valence-corrected chi connectivity index (χ4v) is 1.71. The maximum atomic E-state index is 10.6. The molecule has 12 heteroatoms. The highest BCUT2D eigenvalue weighted by Gasteiger charge is 2.22. The van der Waals surface area contributed by atoms with Crippen LogP contribution < -0.4 is 0 Å². The first-order valence-electron chi connectivity index (χ1n) is 8.41. The number of Topliss-reactive ketones (excluding diaryl/α,β-unsaturated/α-hetero) is 4. The lowest BCUT2D eigenvalue weighted by Crippen LogP contribution is -2.22. The van der Waals surface area contributed by atoms with E-state index in [1.54, 1.807) is 0 Å². The van der Waals surface area contributed by atoms with Crippen LogP contribution in [-0.4, -0.2) is 67.4 Å². The monoisotopic (exact) mass is 434 g/mol. The van der Waals surface area contributed by atoms with Crippen LogP contribution in [0.5, 0.6) is 0 Å². The molecule has 0 aliphatic heterocycles. The van der Waals surface area contributed by atoms with Crippen LogP contribution in [0.1, 0.15) is 53.4 Å². The number of hydrogen-bond acceptors (Lipinski definition) is 8. The van der Waals surface area contributed by atoms with Crippen LogP contribution in [0.4, 0.5) is 0 Å². The van der Waals surface area contributed by atoms with E-state index in [0.717, 1.165) is 0 Å². The van der Waals surface area contributed by atoms with Crippen molar-refractivity contribution in [2.75, 3.05) is 0 Å². The van der Waals surface area contributed by atoms with E-state index in [2.05, 4.69) is 0 Å². The number of carboxylic acids is 4. The lowest BCUT2D eigenvalue weighted by atomic mass is 9.97. The van der Waals surface area contributed by atoms with Crippen molar-refractivity contribution in [1.82, 2.24) is 0 Å². The molecule has 170 valence electrons. The number of hydrogen-bond donors (Lipinski definition) is 4. The van der Waals surface area contributed by atoms with Gasteiger partial charge in [0.2, 0.25) is 0 Å². The van der Waals surface area contributed by atoms with Crippen molar-refractivity contribution < 1.29 is 58.8 Å². The Bertz CT molecular complexity index is 591. The maximum absolute atomic E-state index is 10.6. The van der Waals surface area contributed by atoms with Crippen molar-refractivity contribution >= 4 is 47.0 Å². The van der Waals surface area contributed by atoms with Gasteiger partial charge in [-0.1, -0.05) is 0 Å². The highest BCUT2D eigenvalue weighted by Crippen LogP contribution is 2.06. The van der Waals surface area contributed by atoms with E-state index in [1.807, 2.05) is 0 Å². The second-order valence-corrected chi connectivity index (χ2v) is 6.03. The van der Waals surface area contributed by atoms with E-state index < -0.39 is 48.6 Å². The largest absolute Gasteiger partial charge is 0.481 e. The van der Waals surface area contributed by atoms with Crippen LogP contribution in [0, 0.1) is 11.8 Å². The summed E-state index contributed by atoms with van der Waals surface area (Å²) in [6.45, 7) is 4.87. The Morgan fingerprint density at radius 2 is 0.667 bits per heavy atom. The number of rotatable bonds is 11. The smallest absolute Gasteiger partial charge is 0.304 e. The van der Waals surface area contributed by atoms with Crippen molar-refractivity contribution in [3.8, 4) is 0 Å². The van der Waals surface area contributed by atoms with Crippen LogP contribution in [0.25, 0.3) is 0 Å². The Kier molecular flexibility index (Phi) is 17.2. The van der Waals surface area contributed by atoms with Gasteiger partial charge in [-0.3, -0.25) is 38.4 Å². The highest BCUT2D eigenvalue weighted by molar-refractivity contribution is 6.03. The molecule has 0 radical (unpaired) electrons. The van der Waals surface area contributed by atoms with Crippen molar-refractivity contribution in [3.63, 3.8) is 0 Å². The lowest BCUT2D eigenvalue weighted by molar-refractivity contribution is -0.143. The molecule has 12 nitrogen and oxygen atoms in total. The molecule has 0 saturated carbocycles. The molecule has 0 bridgehead atoms. The molecule has 0 atom stereocenters. The van der Waals surface area contributed by atoms with Gasteiger partial charge in [-0.2, -0.15) is 0 Å². The van der Waals surface area contributed by atoms with E-state index >= 15 is 0 Å². The first-order valence-corrected chi connectivity index (χ1v) is 8.41. The summed E-state index contributed by atoms with van der Waals surface area (Å²) in [4.78, 5) is 82.1. The number of aliphatic carboxylic acids is 4. The molecule has 0 unspecified atom stereocenters. The Morgan fingerprint density at radius 1 is 0.467 bits per heavy atom. The van der Waals surface area contributed by atoms with Crippen molar-refractivity contribution in [2.45, 2.75) is 53.4 Å². The number of ketones is 4. The molecule has 0 aromatic heterocycles. The van der Waals surface area contributed by atoms with E-state index in [1.165, 1.54) is 27.7 Å². The van der Waals surface area contributed by atoms with E-state index in [4.69, 9.17) is 20.4 Å². The van der Waals surface area contributed by atoms with E-state index in [0.29, 0.717) is 0 Å². The zero-order valence-corrected chi connectivity index (χ0v) is 17.0. The van der Waals surface area contributed by atoms with Gasteiger partial charge in [0, 0.05) is 0 Å². The van der Waals surface area contributed by atoms with Crippen LogP contribution >= 0.6 is 0 Å². The minimum atomic E-state index is -1.12.